The molecule has 1 atom stereocenters. The minimum Gasteiger partial charge on any atom is -0.503 e. The summed E-state index contributed by atoms with van der Waals surface area (Å²) in [5.41, 5.74) is 2.78. The number of amides is 1. The number of furan rings is 1. The predicted octanol–water partition coefficient (Wildman–Crippen LogP) is 7.71. The summed E-state index contributed by atoms with van der Waals surface area (Å²) < 4.78 is 18.4. The van der Waals surface area contributed by atoms with Gasteiger partial charge in [0.2, 0.25) is 5.78 Å². The van der Waals surface area contributed by atoms with Gasteiger partial charge in [-0.2, -0.15) is 0 Å². The molecule has 1 aliphatic heterocycles. The van der Waals surface area contributed by atoms with Gasteiger partial charge < -0.3 is 19.0 Å². The van der Waals surface area contributed by atoms with E-state index in [0.717, 1.165) is 40.4 Å². The number of anilines is 1. The van der Waals surface area contributed by atoms with Crippen LogP contribution in [-0.4, -0.2) is 35.5 Å². The first-order valence-corrected chi connectivity index (χ1v) is 14.7. The summed E-state index contributed by atoms with van der Waals surface area (Å²) in [5, 5.41) is 12.3. The lowest BCUT2D eigenvalue weighted by Gasteiger charge is -2.25. The molecule has 0 saturated carbocycles. The minimum absolute atomic E-state index is 0.0279. The van der Waals surface area contributed by atoms with Gasteiger partial charge in [0.1, 0.15) is 5.58 Å². The summed E-state index contributed by atoms with van der Waals surface area (Å²) in [6.45, 7) is 4.65. The van der Waals surface area contributed by atoms with E-state index in [1.807, 2.05) is 43.3 Å². The van der Waals surface area contributed by atoms with E-state index in [2.05, 4.69) is 6.92 Å². The first-order chi connectivity index (χ1) is 20.4. The molecule has 0 bridgehead atoms. The molecule has 214 valence electrons. The summed E-state index contributed by atoms with van der Waals surface area (Å²) in [5.74, 6) is -0.894. The number of Topliss-reactive ketones (excluding diaryl/α,β-unsaturated/α-hetero) is 1. The predicted molar refractivity (Wildman–Crippen MR) is 163 cm³/mol. The van der Waals surface area contributed by atoms with Crippen LogP contribution in [0.5, 0.6) is 11.5 Å². The lowest BCUT2D eigenvalue weighted by molar-refractivity contribution is -0.117. The zero-order valence-corrected chi connectivity index (χ0v) is 24.4. The molecule has 1 aliphatic rings. The fraction of sp³-hybridized carbons (Fsp3) is 0.242. The molecule has 0 spiro atoms. The Hall–Kier alpha value is -4.63. The van der Waals surface area contributed by atoms with Crippen molar-refractivity contribution in [2.75, 3.05) is 18.6 Å². The van der Waals surface area contributed by atoms with Crippen LogP contribution in [-0.2, 0) is 4.79 Å². The Morgan fingerprint density at radius 3 is 2.69 bits per heavy atom. The Kier molecular flexibility index (Phi) is 7.43. The molecule has 2 aromatic heterocycles. The molecule has 9 heteroatoms. The van der Waals surface area contributed by atoms with E-state index in [4.69, 9.17) is 18.9 Å². The number of hydrogen-bond donors (Lipinski definition) is 1. The van der Waals surface area contributed by atoms with Crippen LogP contribution in [0.25, 0.3) is 21.2 Å². The molecule has 1 N–H and O–H groups in total. The number of nitrogens with zero attached hydrogens (tertiary/aromatic N) is 2. The van der Waals surface area contributed by atoms with Crippen molar-refractivity contribution in [2.45, 2.75) is 39.2 Å². The van der Waals surface area contributed by atoms with E-state index in [0.29, 0.717) is 34.4 Å². The van der Waals surface area contributed by atoms with Crippen LogP contribution in [0.2, 0.25) is 0 Å². The zero-order valence-electron chi connectivity index (χ0n) is 23.5. The zero-order chi connectivity index (χ0) is 29.4. The van der Waals surface area contributed by atoms with Crippen LogP contribution in [0.3, 0.4) is 0 Å². The van der Waals surface area contributed by atoms with Crippen molar-refractivity contribution in [2.24, 2.45) is 0 Å². The van der Waals surface area contributed by atoms with Gasteiger partial charge in [-0.25, -0.2) is 4.98 Å². The highest BCUT2D eigenvalue weighted by molar-refractivity contribution is 7.22. The number of aliphatic hydroxyl groups is 1. The molecule has 42 heavy (non-hydrogen) atoms. The van der Waals surface area contributed by atoms with Crippen LogP contribution in [0.1, 0.15) is 53.9 Å². The third kappa shape index (κ3) is 4.90. The van der Waals surface area contributed by atoms with E-state index in [-0.39, 0.29) is 11.3 Å². The van der Waals surface area contributed by atoms with Gasteiger partial charge in [0.05, 0.1) is 35.5 Å². The molecule has 8 nitrogen and oxygen atoms in total. The average Bonchev–Trinajstić information content (AvgIpc) is 3.69. The number of ether oxygens (including phenoxy) is 2. The number of para-hydroxylation sites is 1. The second kappa shape index (κ2) is 11.3. The number of rotatable bonds is 10. The Labute approximate surface area is 246 Å². The van der Waals surface area contributed by atoms with Gasteiger partial charge >= 0.3 is 0 Å². The molecule has 5 aromatic rings. The number of aromatic nitrogens is 1. The lowest BCUT2D eigenvalue weighted by atomic mass is 9.95. The van der Waals surface area contributed by atoms with E-state index in [1.54, 1.807) is 37.4 Å². The number of ketones is 1. The average molecular weight is 583 g/mol. The Morgan fingerprint density at radius 2 is 1.90 bits per heavy atom. The quantitative estimate of drug-likeness (QED) is 0.133. The van der Waals surface area contributed by atoms with Crippen molar-refractivity contribution in [3.05, 3.63) is 94.9 Å². The summed E-state index contributed by atoms with van der Waals surface area (Å²) in [6, 6.07) is 19.0. The van der Waals surface area contributed by atoms with Gasteiger partial charge in [0, 0.05) is 5.39 Å². The SMILES string of the molecule is CCCCCOc1ccc([C@@H]2C(C(=O)c3cc4ccccc4o3)=C(O)C(=O)N2c2nc3ccc(C)cc3s2)cc1OC. The van der Waals surface area contributed by atoms with Crippen molar-refractivity contribution in [1.29, 1.82) is 0 Å². The highest BCUT2D eigenvalue weighted by Gasteiger charge is 2.47. The number of hydrogen-bond acceptors (Lipinski definition) is 8. The number of carbonyl (C=O) groups excluding carboxylic acids is 2. The molecule has 3 aromatic carbocycles. The van der Waals surface area contributed by atoms with Crippen molar-refractivity contribution in [3.8, 4) is 11.5 Å². The fourth-order valence-electron chi connectivity index (χ4n) is 5.21. The Balaban J connectivity index is 1.46. The summed E-state index contributed by atoms with van der Waals surface area (Å²) >= 11 is 1.32. The molecule has 1 amide bonds. The second-order valence-electron chi connectivity index (χ2n) is 10.3. The smallest absolute Gasteiger partial charge is 0.296 e. The third-order valence-electron chi connectivity index (χ3n) is 7.35. The highest BCUT2D eigenvalue weighted by Crippen LogP contribution is 2.46. The van der Waals surface area contributed by atoms with Crippen LogP contribution in [0, 0.1) is 6.92 Å². The van der Waals surface area contributed by atoms with Crippen LogP contribution >= 0.6 is 11.3 Å². The van der Waals surface area contributed by atoms with Gasteiger partial charge in [0.25, 0.3) is 5.91 Å². The lowest BCUT2D eigenvalue weighted by Crippen LogP contribution is -2.31. The molecule has 0 radical (unpaired) electrons. The van der Waals surface area contributed by atoms with Crippen molar-refractivity contribution >= 4 is 49.3 Å². The normalized spacial score (nSPS) is 15.3. The standard InChI is InChI=1S/C33H30N2O6S/c1-4-5-8-15-40-24-14-12-21(18-25(24)39-3)29-28(30(36)26-17-20-9-6-7-10-23(20)41-26)31(37)32(38)35(29)33-34-22-13-11-19(2)16-27(22)42-33/h6-7,9-14,16-18,29,37H,4-5,8,15H2,1-3H3/t29-/m1/s1. The highest BCUT2D eigenvalue weighted by atomic mass is 32.1. The second-order valence-corrected chi connectivity index (χ2v) is 11.3. The molecular weight excluding hydrogens is 552 g/mol. The first-order valence-electron chi connectivity index (χ1n) is 13.9. The maximum absolute atomic E-state index is 14.0. The molecule has 3 heterocycles. The number of aryl methyl sites for hydroxylation is 1. The van der Waals surface area contributed by atoms with Gasteiger partial charge in [-0.1, -0.05) is 61.4 Å². The van der Waals surface area contributed by atoms with Crippen LogP contribution in [0.15, 0.2) is 82.5 Å². The number of methoxy groups -OCH3 is 1. The van der Waals surface area contributed by atoms with E-state index < -0.39 is 23.5 Å². The Morgan fingerprint density at radius 1 is 1.07 bits per heavy atom. The maximum atomic E-state index is 14.0. The summed E-state index contributed by atoms with van der Waals surface area (Å²) in [6.07, 6.45) is 3.04. The maximum Gasteiger partial charge on any atom is 0.296 e. The Bertz CT molecular complexity index is 1820. The van der Waals surface area contributed by atoms with Gasteiger partial charge in [-0.3, -0.25) is 14.5 Å². The van der Waals surface area contributed by atoms with E-state index in [1.165, 1.54) is 16.2 Å². The van der Waals surface area contributed by atoms with E-state index in [9.17, 15) is 14.7 Å². The summed E-state index contributed by atoms with van der Waals surface area (Å²) in [7, 11) is 1.54. The fourth-order valence-corrected chi connectivity index (χ4v) is 6.30. The van der Waals surface area contributed by atoms with Gasteiger partial charge in [0.15, 0.2) is 28.1 Å². The topological polar surface area (TPSA) is 102 Å². The molecular formula is C33H30N2O6S. The number of carbonyl (C=O) groups is 2. The van der Waals surface area contributed by atoms with Crippen LogP contribution < -0.4 is 14.4 Å². The van der Waals surface area contributed by atoms with Crippen molar-refractivity contribution in [3.63, 3.8) is 0 Å². The molecule has 0 aliphatic carbocycles. The monoisotopic (exact) mass is 582 g/mol. The van der Waals surface area contributed by atoms with Crippen molar-refractivity contribution in [1.82, 2.24) is 4.98 Å². The number of unbranched alkanes of at least 4 members (excludes halogenated alkanes) is 2. The number of aliphatic hydroxyl groups excluding tert-OH is 1. The molecule has 0 unspecified atom stereocenters. The minimum atomic E-state index is -0.983. The van der Waals surface area contributed by atoms with Crippen molar-refractivity contribution < 1.29 is 28.6 Å². The van der Waals surface area contributed by atoms with Gasteiger partial charge in [-0.15, -0.1) is 0 Å². The molecule has 0 saturated heterocycles. The largest absolute Gasteiger partial charge is 0.503 e. The molecule has 0 fully saturated rings. The first kappa shape index (κ1) is 27.5. The van der Waals surface area contributed by atoms with Crippen LogP contribution in [0.4, 0.5) is 5.13 Å². The number of benzene rings is 3. The van der Waals surface area contributed by atoms with Gasteiger partial charge in [-0.05, 0) is 60.9 Å². The number of thiazole rings is 1. The molecule has 6 rings (SSSR count). The number of fused-ring (bicyclic) bond motifs is 2. The van der Waals surface area contributed by atoms with E-state index >= 15 is 0 Å². The summed E-state index contributed by atoms with van der Waals surface area (Å²) in [4.78, 5) is 33.8. The third-order valence-corrected chi connectivity index (χ3v) is 8.37.